The largest absolute Gasteiger partial charge is 0.494 e. The van der Waals surface area contributed by atoms with E-state index < -0.39 is 23.4 Å². The van der Waals surface area contributed by atoms with Crippen LogP contribution in [0.2, 0.25) is 0 Å². The second-order valence-corrected chi connectivity index (χ2v) is 9.06. The molecule has 0 aromatic heterocycles. The van der Waals surface area contributed by atoms with Crippen LogP contribution in [-0.4, -0.2) is 12.6 Å². The number of aryl methyl sites for hydroxylation is 1. The van der Waals surface area contributed by atoms with E-state index in [9.17, 15) is 13.6 Å². The zero-order chi connectivity index (χ0) is 25.8. The Morgan fingerprint density at radius 3 is 1.97 bits per heavy atom. The number of rotatable bonds is 14. The minimum Gasteiger partial charge on any atom is -0.494 e. The highest BCUT2D eigenvalue weighted by molar-refractivity contribution is 5.91. The summed E-state index contributed by atoms with van der Waals surface area (Å²) in [5, 5.41) is 0. The summed E-state index contributed by atoms with van der Waals surface area (Å²) in [4.78, 5) is 12.5. The van der Waals surface area contributed by atoms with Crippen LogP contribution >= 0.6 is 0 Å². The quantitative estimate of drug-likeness (QED) is 0.127. The highest BCUT2D eigenvalue weighted by Gasteiger charge is 2.18. The third-order valence-electron chi connectivity index (χ3n) is 6.20. The number of esters is 1. The fourth-order valence-electron chi connectivity index (χ4n) is 4.01. The summed E-state index contributed by atoms with van der Waals surface area (Å²) in [5.74, 6) is -2.38. The molecule has 5 heteroatoms. The van der Waals surface area contributed by atoms with Gasteiger partial charge in [-0.05, 0) is 66.3 Å². The van der Waals surface area contributed by atoms with E-state index in [1.165, 1.54) is 37.8 Å². The first-order chi connectivity index (χ1) is 17.5. The number of hydrogen-bond acceptors (Lipinski definition) is 3. The predicted molar refractivity (Wildman–Crippen MR) is 141 cm³/mol. The molecule has 0 bridgehead atoms. The molecule has 0 saturated carbocycles. The summed E-state index contributed by atoms with van der Waals surface area (Å²) in [7, 11) is 0. The SMILES string of the molecule is CCCCCCCOc1ccc(-c2ccc(C(=O)Oc3ccc(CCCCC)c(F)c3F)cc2)cc1. The average Bonchev–Trinajstić information content (AvgIpc) is 2.90. The molecule has 0 aliphatic carbocycles. The Kier molecular flexibility index (Phi) is 10.9. The zero-order valence-electron chi connectivity index (χ0n) is 21.3. The van der Waals surface area contributed by atoms with E-state index >= 15 is 0 Å². The van der Waals surface area contributed by atoms with Crippen molar-refractivity contribution in [3.63, 3.8) is 0 Å². The molecule has 3 aromatic carbocycles. The van der Waals surface area contributed by atoms with E-state index in [0.29, 0.717) is 18.6 Å². The van der Waals surface area contributed by atoms with Crippen LogP contribution in [0.1, 0.15) is 81.1 Å². The molecule has 36 heavy (non-hydrogen) atoms. The molecular weight excluding hydrogens is 458 g/mol. The summed E-state index contributed by atoms with van der Waals surface area (Å²) in [6, 6.07) is 17.5. The Hall–Kier alpha value is -3.21. The van der Waals surface area contributed by atoms with Crippen molar-refractivity contribution in [2.75, 3.05) is 6.61 Å². The van der Waals surface area contributed by atoms with Crippen molar-refractivity contribution in [1.82, 2.24) is 0 Å². The molecule has 0 radical (unpaired) electrons. The van der Waals surface area contributed by atoms with Crippen LogP contribution in [0.4, 0.5) is 8.78 Å². The van der Waals surface area contributed by atoms with Crippen LogP contribution < -0.4 is 9.47 Å². The van der Waals surface area contributed by atoms with Gasteiger partial charge in [0, 0.05) is 0 Å². The van der Waals surface area contributed by atoms with Crippen molar-refractivity contribution in [2.45, 2.75) is 71.6 Å². The van der Waals surface area contributed by atoms with Gasteiger partial charge in [-0.1, -0.05) is 82.7 Å². The van der Waals surface area contributed by atoms with Crippen molar-refractivity contribution in [3.8, 4) is 22.6 Å². The fraction of sp³-hybridized carbons (Fsp3) is 0.387. The van der Waals surface area contributed by atoms with E-state index in [4.69, 9.17) is 9.47 Å². The summed E-state index contributed by atoms with van der Waals surface area (Å²) < 4.78 is 39.8. The Labute approximate surface area is 213 Å². The first-order valence-electron chi connectivity index (χ1n) is 13.1. The van der Waals surface area contributed by atoms with Crippen LogP contribution in [0.15, 0.2) is 60.7 Å². The van der Waals surface area contributed by atoms with E-state index in [1.54, 1.807) is 24.3 Å². The second-order valence-electron chi connectivity index (χ2n) is 9.06. The average molecular weight is 495 g/mol. The molecule has 0 aliphatic heterocycles. The summed E-state index contributed by atoms with van der Waals surface area (Å²) in [6.07, 6.45) is 9.18. The molecule has 0 spiro atoms. The standard InChI is InChI=1S/C31H36F2O3/c1-3-5-7-8-10-22-35-27-19-16-24(17-20-27)23-12-14-26(15-13-23)31(34)36-28-21-18-25(11-9-6-4-2)29(32)30(28)33/h12-21H,3-11,22H2,1-2H3. The maximum absolute atomic E-state index is 14.5. The molecule has 0 aliphatic rings. The Morgan fingerprint density at radius 2 is 1.31 bits per heavy atom. The smallest absolute Gasteiger partial charge is 0.343 e. The molecule has 0 atom stereocenters. The Morgan fingerprint density at radius 1 is 0.694 bits per heavy atom. The predicted octanol–water partition coefficient (Wildman–Crippen LogP) is 8.93. The van der Waals surface area contributed by atoms with Gasteiger partial charge in [-0.2, -0.15) is 4.39 Å². The lowest BCUT2D eigenvalue weighted by atomic mass is 10.0. The lowest BCUT2D eigenvalue weighted by Gasteiger charge is -2.10. The normalized spacial score (nSPS) is 10.9. The van der Waals surface area contributed by atoms with E-state index in [1.807, 2.05) is 24.3 Å². The molecule has 0 saturated heterocycles. The van der Waals surface area contributed by atoms with Crippen LogP contribution in [-0.2, 0) is 6.42 Å². The number of hydrogen-bond donors (Lipinski definition) is 0. The number of benzene rings is 3. The second kappa shape index (κ2) is 14.4. The van der Waals surface area contributed by atoms with Crippen LogP contribution in [0.25, 0.3) is 11.1 Å². The number of halogens is 2. The molecule has 192 valence electrons. The van der Waals surface area contributed by atoms with Gasteiger partial charge in [-0.25, -0.2) is 9.18 Å². The molecule has 0 amide bonds. The third kappa shape index (κ3) is 7.91. The van der Waals surface area contributed by atoms with Gasteiger partial charge in [0.15, 0.2) is 11.6 Å². The van der Waals surface area contributed by atoms with Crippen LogP contribution in [0.3, 0.4) is 0 Å². The van der Waals surface area contributed by atoms with Crippen molar-refractivity contribution in [3.05, 3.63) is 83.4 Å². The van der Waals surface area contributed by atoms with Gasteiger partial charge >= 0.3 is 5.97 Å². The highest BCUT2D eigenvalue weighted by Crippen LogP contribution is 2.26. The lowest BCUT2D eigenvalue weighted by Crippen LogP contribution is -2.10. The fourth-order valence-corrected chi connectivity index (χ4v) is 4.01. The van der Waals surface area contributed by atoms with Crippen LogP contribution in [0, 0.1) is 11.6 Å². The number of unbranched alkanes of at least 4 members (excludes halogenated alkanes) is 6. The number of ether oxygens (including phenoxy) is 2. The van der Waals surface area contributed by atoms with E-state index in [2.05, 4.69) is 13.8 Å². The molecule has 0 fully saturated rings. The molecular formula is C31H36F2O3. The molecule has 0 heterocycles. The summed E-state index contributed by atoms with van der Waals surface area (Å²) in [6.45, 7) is 4.97. The summed E-state index contributed by atoms with van der Waals surface area (Å²) in [5.41, 5.74) is 2.46. The van der Waals surface area contributed by atoms with Gasteiger partial charge < -0.3 is 9.47 Å². The molecule has 3 aromatic rings. The molecule has 3 nitrogen and oxygen atoms in total. The first kappa shape index (κ1) is 27.4. The van der Waals surface area contributed by atoms with Gasteiger partial charge in [0.25, 0.3) is 0 Å². The minimum absolute atomic E-state index is 0.258. The Balaban J connectivity index is 1.56. The van der Waals surface area contributed by atoms with Crippen molar-refractivity contribution < 1.29 is 23.0 Å². The highest BCUT2D eigenvalue weighted by atomic mass is 19.2. The molecule has 3 rings (SSSR count). The van der Waals surface area contributed by atoms with Crippen molar-refractivity contribution in [1.29, 1.82) is 0 Å². The van der Waals surface area contributed by atoms with E-state index in [-0.39, 0.29) is 5.56 Å². The van der Waals surface area contributed by atoms with Crippen LogP contribution in [0.5, 0.6) is 11.5 Å². The topological polar surface area (TPSA) is 35.5 Å². The zero-order valence-corrected chi connectivity index (χ0v) is 21.3. The van der Waals surface area contributed by atoms with Gasteiger partial charge in [0.05, 0.1) is 12.2 Å². The number of carbonyl (C=O) groups is 1. The van der Waals surface area contributed by atoms with Gasteiger partial charge in [0.1, 0.15) is 5.75 Å². The molecule has 0 unspecified atom stereocenters. The molecule has 0 N–H and O–H groups in total. The van der Waals surface area contributed by atoms with Gasteiger partial charge in [-0.3, -0.25) is 0 Å². The van der Waals surface area contributed by atoms with E-state index in [0.717, 1.165) is 42.6 Å². The monoisotopic (exact) mass is 494 g/mol. The van der Waals surface area contributed by atoms with Gasteiger partial charge in [0.2, 0.25) is 5.82 Å². The Bertz CT molecular complexity index is 1090. The maximum atomic E-state index is 14.5. The third-order valence-corrected chi connectivity index (χ3v) is 6.20. The summed E-state index contributed by atoms with van der Waals surface area (Å²) >= 11 is 0. The lowest BCUT2D eigenvalue weighted by molar-refractivity contribution is 0.0726. The maximum Gasteiger partial charge on any atom is 0.343 e. The van der Waals surface area contributed by atoms with Gasteiger partial charge in [-0.15, -0.1) is 0 Å². The number of carbonyl (C=O) groups excluding carboxylic acids is 1. The van der Waals surface area contributed by atoms with Crippen molar-refractivity contribution in [2.24, 2.45) is 0 Å². The first-order valence-corrected chi connectivity index (χ1v) is 13.1. The minimum atomic E-state index is -1.13. The van der Waals surface area contributed by atoms with Crippen molar-refractivity contribution >= 4 is 5.97 Å².